The van der Waals surface area contributed by atoms with E-state index in [4.69, 9.17) is 40.5 Å². The monoisotopic (exact) mass is 318 g/mol. The molecule has 2 aromatic heterocycles. The molecular formula is C12H13Cl3N4. The second-order valence-electron chi connectivity index (χ2n) is 5.10. The molecule has 0 saturated heterocycles. The first-order chi connectivity index (χ1) is 8.71. The highest BCUT2D eigenvalue weighted by Gasteiger charge is 2.23. The lowest BCUT2D eigenvalue weighted by molar-refractivity contribution is 0.408. The molecule has 7 heteroatoms. The Kier molecular flexibility index (Phi) is 3.69. The minimum absolute atomic E-state index is 0.0460. The van der Waals surface area contributed by atoms with Crippen LogP contribution in [0.3, 0.4) is 0 Å². The first-order valence-electron chi connectivity index (χ1n) is 5.58. The first kappa shape index (κ1) is 14.4. The molecule has 0 spiro atoms. The normalized spacial score (nSPS) is 11.9. The molecule has 0 radical (unpaired) electrons. The molecule has 2 rings (SSSR count). The second-order valence-corrected chi connectivity index (χ2v) is 6.17. The number of nitrogens with two attached hydrogens (primary N) is 1. The van der Waals surface area contributed by atoms with E-state index in [0.29, 0.717) is 11.5 Å². The fraction of sp³-hybridized carbons (Fsp3) is 0.333. The van der Waals surface area contributed by atoms with Crippen LogP contribution in [0.1, 0.15) is 20.8 Å². The van der Waals surface area contributed by atoms with Crippen LogP contribution in [0.2, 0.25) is 15.5 Å². The highest BCUT2D eigenvalue weighted by Crippen LogP contribution is 2.36. The third-order valence-electron chi connectivity index (χ3n) is 2.61. The van der Waals surface area contributed by atoms with Gasteiger partial charge < -0.3 is 10.3 Å². The maximum Gasteiger partial charge on any atom is 0.224 e. The molecule has 2 aromatic rings. The molecule has 0 atom stereocenters. The maximum atomic E-state index is 6.16. The summed E-state index contributed by atoms with van der Waals surface area (Å²) in [6, 6.07) is 3.63. The highest BCUT2D eigenvalue weighted by atomic mass is 35.5. The van der Waals surface area contributed by atoms with Gasteiger partial charge >= 0.3 is 0 Å². The van der Waals surface area contributed by atoms with Crippen molar-refractivity contribution in [1.82, 2.24) is 14.5 Å². The molecule has 0 saturated carbocycles. The summed E-state index contributed by atoms with van der Waals surface area (Å²) in [6.45, 7) is 6.10. The summed E-state index contributed by atoms with van der Waals surface area (Å²) in [5, 5.41) is 0.427. The topological polar surface area (TPSA) is 56.7 Å². The number of hydrogen-bond donors (Lipinski definition) is 1. The summed E-state index contributed by atoms with van der Waals surface area (Å²) in [6.07, 6.45) is 0. The van der Waals surface area contributed by atoms with E-state index < -0.39 is 0 Å². The van der Waals surface area contributed by atoms with E-state index in [0.717, 1.165) is 5.69 Å². The van der Waals surface area contributed by atoms with Gasteiger partial charge in [0.2, 0.25) is 5.28 Å². The molecule has 0 aliphatic carbocycles. The maximum absolute atomic E-state index is 6.16. The van der Waals surface area contributed by atoms with E-state index in [1.54, 1.807) is 6.07 Å². The van der Waals surface area contributed by atoms with Gasteiger partial charge in [-0.1, -0.05) is 23.2 Å². The number of nitrogens with zero attached hydrogens (tertiary/aromatic N) is 3. The lowest BCUT2D eigenvalue weighted by Crippen LogP contribution is -2.24. The van der Waals surface area contributed by atoms with Crippen LogP contribution in [-0.4, -0.2) is 14.5 Å². The molecular weight excluding hydrogens is 307 g/mol. The summed E-state index contributed by atoms with van der Waals surface area (Å²) in [7, 11) is 0. The Morgan fingerprint density at radius 2 is 1.74 bits per heavy atom. The van der Waals surface area contributed by atoms with E-state index in [9.17, 15) is 0 Å². The quantitative estimate of drug-likeness (QED) is 0.631. The third kappa shape index (κ3) is 2.66. The molecule has 2 heterocycles. The van der Waals surface area contributed by atoms with Crippen molar-refractivity contribution in [3.8, 4) is 11.4 Å². The fourth-order valence-electron chi connectivity index (χ4n) is 1.95. The molecule has 0 aliphatic rings. The highest BCUT2D eigenvalue weighted by molar-refractivity contribution is 6.43. The first-order valence-corrected chi connectivity index (χ1v) is 6.72. The van der Waals surface area contributed by atoms with Crippen molar-refractivity contribution in [2.75, 3.05) is 5.73 Å². The number of hydrogen-bond acceptors (Lipinski definition) is 3. The van der Waals surface area contributed by atoms with Gasteiger partial charge in [0, 0.05) is 5.54 Å². The van der Waals surface area contributed by atoms with Crippen molar-refractivity contribution in [2.24, 2.45) is 0 Å². The smallest absolute Gasteiger partial charge is 0.224 e. The van der Waals surface area contributed by atoms with Crippen LogP contribution in [-0.2, 0) is 5.54 Å². The van der Waals surface area contributed by atoms with E-state index in [2.05, 4.69) is 9.97 Å². The number of halogens is 3. The summed E-state index contributed by atoms with van der Waals surface area (Å²) in [4.78, 5) is 7.96. The van der Waals surface area contributed by atoms with Crippen molar-refractivity contribution in [3.05, 3.63) is 27.6 Å². The minimum atomic E-state index is -0.226. The van der Waals surface area contributed by atoms with Gasteiger partial charge in [0.05, 0.1) is 5.69 Å². The van der Waals surface area contributed by atoms with Gasteiger partial charge in [0.25, 0.3) is 0 Å². The van der Waals surface area contributed by atoms with Crippen molar-refractivity contribution in [3.63, 3.8) is 0 Å². The SMILES string of the molecule is CC(C)(C)n1c(N)ccc1-c1nc(Cl)nc(Cl)c1Cl. The van der Waals surface area contributed by atoms with Crippen LogP contribution in [0, 0.1) is 0 Å². The molecule has 102 valence electrons. The molecule has 0 aliphatic heterocycles. The van der Waals surface area contributed by atoms with E-state index in [1.807, 2.05) is 31.4 Å². The van der Waals surface area contributed by atoms with Crippen molar-refractivity contribution in [2.45, 2.75) is 26.3 Å². The Morgan fingerprint density at radius 3 is 2.32 bits per heavy atom. The molecule has 0 amide bonds. The Balaban J connectivity index is 2.74. The average molecular weight is 320 g/mol. The van der Waals surface area contributed by atoms with Crippen LogP contribution >= 0.6 is 34.8 Å². The van der Waals surface area contributed by atoms with E-state index in [1.165, 1.54) is 0 Å². The van der Waals surface area contributed by atoms with Crippen molar-refractivity contribution >= 4 is 40.6 Å². The van der Waals surface area contributed by atoms with Crippen LogP contribution in [0.4, 0.5) is 5.82 Å². The van der Waals surface area contributed by atoms with E-state index >= 15 is 0 Å². The molecule has 19 heavy (non-hydrogen) atoms. The Bertz CT molecular complexity index is 629. The van der Waals surface area contributed by atoms with Crippen LogP contribution < -0.4 is 5.73 Å². The van der Waals surface area contributed by atoms with Crippen LogP contribution in [0.25, 0.3) is 11.4 Å². The second kappa shape index (κ2) is 4.85. The average Bonchev–Trinajstić information content (AvgIpc) is 2.65. The zero-order chi connectivity index (χ0) is 14.4. The number of nitrogen functional groups attached to an aromatic ring is 1. The number of rotatable bonds is 1. The van der Waals surface area contributed by atoms with Gasteiger partial charge in [0.15, 0.2) is 5.15 Å². The standard InChI is InChI=1S/C12H13Cl3N4/c1-12(2,3)19-6(4-5-7(19)16)9-8(13)10(14)18-11(15)17-9/h4-5H,16H2,1-3H3. The predicted molar refractivity (Wildman–Crippen MR) is 79.9 cm³/mol. The van der Waals surface area contributed by atoms with Gasteiger partial charge in [-0.25, -0.2) is 9.97 Å². The molecule has 4 nitrogen and oxygen atoms in total. The van der Waals surface area contributed by atoms with Gasteiger partial charge in [-0.05, 0) is 44.5 Å². The molecule has 2 N–H and O–H groups in total. The van der Waals surface area contributed by atoms with Gasteiger partial charge in [-0.3, -0.25) is 0 Å². The molecule has 0 bridgehead atoms. The molecule has 0 unspecified atom stereocenters. The number of aromatic nitrogens is 3. The lowest BCUT2D eigenvalue weighted by atomic mass is 10.1. The Hall–Kier alpha value is -0.970. The third-order valence-corrected chi connectivity index (χ3v) is 3.51. The molecule has 0 aromatic carbocycles. The zero-order valence-corrected chi connectivity index (χ0v) is 13.0. The van der Waals surface area contributed by atoms with Gasteiger partial charge in [-0.2, -0.15) is 0 Å². The Morgan fingerprint density at radius 1 is 1.11 bits per heavy atom. The molecule has 0 fully saturated rings. The summed E-state index contributed by atoms with van der Waals surface area (Å²) < 4.78 is 1.92. The summed E-state index contributed by atoms with van der Waals surface area (Å²) >= 11 is 17.9. The van der Waals surface area contributed by atoms with Crippen molar-refractivity contribution in [1.29, 1.82) is 0 Å². The van der Waals surface area contributed by atoms with Crippen molar-refractivity contribution < 1.29 is 0 Å². The lowest BCUT2D eigenvalue weighted by Gasteiger charge is -2.26. The minimum Gasteiger partial charge on any atom is -0.385 e. The van der Waals surface area contributed by atoms with Crippen LogP contribution in [0.5, 0.6) is 0 Å². The fourth-order valence-corrected chi connectivity index (χ4v) is 2.51. The number of anilines is 1. The van der Waals surface area contributed by atoms with E-state index in [-0.39, 0.29) is 21.0 Å². The zero-order valence-electron chi connectivity index (χ0n) is 10.7. The van der Waals surface area contributed by atoms with Gasteiger partial charge in [0.1, 0.15) is 16.5 Å². The van der Waals surface area contributed by atoms with Gasteiger partial charge in [-0.15, -0.1) is 0 Å². The predicted octanol–water partition coefficient (Wildman–Crippen LogP) is 4.24. The Labute approximate surface area is 126 Å². The summed E-state index contributed by atoms with van der Waals surface area (Å²) in [5.41, 5.74) is 7.00. The van der Waals surface area contributed by atoms with Crippen LogP contribution in [0.15, 0.2) is 12.1 Å². The largest absolute Gasteiger partial charge is 0.385 e. The summed E-state index contributed by atoms with van der Waals surface area (Å²) in [5.74, 6) is 0.615.